The van der Waals surface area contributed by atoms with Gasteiger partial charge in [-0.2, -0.15) is 0 Å². The van der Waals surface area contributed by atoms with Crippen molar-refractivity contribution in [3.8, 4) is 28.1 Å². The Morgan fingerprint density at radius 1 is 1.14 bits per heavy atom. The topological polar surface area (TPSA) is 61.3 Å². The quantitative estimate of drug-likeness (QED) is 0.766. The Balaban J connectivity index is 2.20. The molecular formula is C16H13BrN2O2. The molecule has 106 valence electrons. The zero-order valence-electron chi connectivity index (χ0n) is 11.3. The van der Waals surface area contributed by atoms with Crippen LogP contribution in [0.25, 0.3) is 22.4 Å². The van der Waals surface area contributed by atoms with E-state index in [1.165, 1.54) is 0 Å². The Kier molecular flexibility index (Phi) is 3.66. The highest BCUT2D eigenvalue weighted by Gasteiger charge is 2.19. The van der Waals surface area contributed by atoms with Crippen LogP contribution in [0.2, 0.25) is 0 Å². The number of benzene rings is 2. The van der Waals surface area contributed by atoms with Crippen LogP contribution in [0.3, 0.4) is 0 Å². The van der Waals surface area contributed by atoms with Gasteiger partial charge >= 0.3 is 0 Å². The lowest BCUT2D eigenvalue weighted by Gasteiger charge is -2.06. The summed E-state index contributed by atoms with van der Waals surface area (Å²) in [6.45, 7) is 0. The Bertz CT molecular complexity index is 783. The minimum absolute atomic E-state index is 0.286. The van der Waals surface area contributed by atoms with E-state index in [1.54, 1.807) is 7.11 Å². The number of nitrogens with two attached hydrogens (primary N) is 1. The van der Waals surface area contributed by atoms with Gasteiger partial charge < -0.3 is 15.0 Å². The lowest BCUT2D eigenvalue weighted by atomic mass is 10.0. The van der Waals surface area contributed by atoms with E-state index < -0.39 is 0 Å². The molecule has 1 heterocycles. The van der Waals surface area contributed by atoms with Crippen molar-refractivity contribution in [2.45, 2.75) is 0 Å². The first kappa shape index (κ1) is 13.7. The van der Waals surface area contributed by atoms with E-state index in [0.717, 1.165) is 26.9 Å². The molecule has 3 aromatic rings. The summed E-state index contributed by atoms with van der Waals surface area (Å²) in [5, 5.41) is 4.11. The van der Waals surface area contributed by atoms with Crippen molar-refractivity contribution in [2.24, 2.45) is 0 Å². The molecule has 0 radical (unpaired) electrons. The third-order valence-corrected chi connectivity index (χ3v) is 3.90. The van der Waals surface area contributed by atoms with Gasteiger partial charge in [0.05, 0.1) is 12.7 Å². The Morgan fingerprint density at radius 2 is 1.95 bits per heavy atom. The predicted molar refractivity (Wildman–Crippen MR) is 86.0 cm³/mol. The molecule has 3 rings (SSSR count). The van der Waals surface area contributed by atoms with E-state index in [9.17, 15) is 0 Å². The van der Waals surface area contributed by atoms with Crippen LogP contribution >= 0.6 is 15.9 Å². The summed E-state index contributed by atoms with van der Waals surface area (Å²) in [7, 11) is 1.63. The number of methoxy groups -OCH3 is 1. The average Bonchev–Trinajstić information content (AvgIpc) is 2.89. The molecule has 0 fully saturated rings. The zero-order valence-corrected chi connectivity index (χ0v) is 12.9. The van der Waals surface area contributed by atoms with E-state index in [-0.39, 0.29) is 5.88 Å². The second kappa shape index (κ2) is 5.61. The number of halogens is 1. The molecule has 21 heavy (non-hydrogen) atoms. The third-order valence-electron chi connectivity index (χ3n) is 3.21. The largest absolute Gasteiger partial charge is 0.497 e. The fraction of sp³-hybridized carbons (Fsp3) is 0.0625. The third kappa shape index (κ3) is 2.52. The number of aromatic nitrogens is 1. The molecule has 0 unspecified atom stereocenters. The van der Waals surface area contributed by atoms with Crippen molar-refractivity contribution >= 4 is 21.8 Å². The van der Waals surface area contributed by atoms with Crippen molar-refractivity contribution in [3.05, 3.63) is 53.0 Å². The van der Waals surface area contributed by atoms with Crippen LogP contribution in [0, 0.1) is 0 Å². The van der Waals surface area contributed by atoms with Crippen LogP contribution in [0.5, 0.6) is 5.75 Å². The predicted octanol–water partition coefficient (Wildman–Crippen LogP) is 4.36. The molecule has 0 saturated carbocycles. The normalized spacial score (nSPS) is 10.6. The molecule has 0 aliphatic rings. The highest BCUT2D eigenvalue weighted by atomic mass is 79.9. The number of nitrogen functional groups attached to an aromatic ring is 1. The minimum atomic E-state index is 0.286. The van der Waals surface area contributed by atoms with E-state index in [4.69, 9.17) is 15.0 Å². The SMILES string of the molecule is COc1cccc(-c2c(-c3ccccc3Br)noc2N)c1. The maximum atomic E-state index is 5.97. The number of ether oxygens (including phenoxy) is 1. The van der Waals surface area contributed by atoms with Crippen LogP contribution in [-0.4, -0.2) is 12.3 Å². The molecule has 0 spiro atoms. The number of hydrogen-bond acceptors (Lipinski definition) is 4. The summed E-state index contributed by atoms with van der Waals surface area (Å²) in [4.78, 5) is 0. The highest BCUT2D eigenvalue weighted by molar-refractivity contribution is 9.10. The van der Waals surface area contributed by atoms with Crippen molar-refractivity contribution in [1.29, 1.82) is 0 Å². The zero-order chi connectivity index (χ0) is 14.8. The average molecular weight is 345 g/mol. The van der Waals surface area contributed by atoms with Gasteiger partial charge in [-0.3, -0.25) is 0 Å². The van der Waals surface area contributed by atoms with Crippen LogP contribution in [0.15, 0.2) is 57.5 Å². The van der Waals surface area contributed by atoms with Crippen molar-refractivity contribution in [1.82, 2.24) is 5.16 Å². The van der Waals surface area contributed by atoms with Gasteiger partial charge in [0.15, 0.2) is 0 Å². The smallest absolute Gasteiger partial charge is 0.230 e. The van der Waals surface area contributed by atoms with E-state index >= 15 is 0 Å². The Labute approximate surface area is 130 Å². The summed E-state index contributed by atoms with van der Waals surface area (Å²) >= 11 is 3.53. The second-order valence-corrected chi connectivity index (χ2v) is 5.34. The number of rotatable bonds is 3. The monoisotopic (exact) mass is 344 g/mol. The maximum Gasteiger partial charge on any atom is 0.230 e. The molecule has 0 atom stereocenters. The Morgan fingerprint density at radius 3 is 2.71 bits per heavy atom. The van der Waals surface area contributed by atoms with E-state index in [0.29, 0.717) is 5.69 Å². The number of nitrogens with zero attached hydrogens (tertiary/aromatic N) is 1. The molecule has 4 nitrogen and oxygen atoms in total. The van der Waals surface area contributed by atoms with Gasteiger partial charge in [-0.25, -0.2) is 0 Å². The molecule has 0 aliphatic heterocycles. The van der Waals surface area contributed by atoms with Gasteiger partial charge in [0, 0.05) is 10.0 Å². The van der Waals surface area contributed by atoms with Crippen LogP contribution in [-0.2, 0) is 0 Å². The summed E-state index contributed by atoms with van der Waals surface area (Å²) in [6.07, 6.45) is 0. The number of hydrogen-bond donors (Lipinski definition) is 1. The van der Waals surface area contributed by atoms with Gasteiger partial charge in [0.25, 0.3) is 0 Å². The standard InChI is InChI=1S/C16H13BrN2O2/c1-20-11-6-4-5-10(9-11)14-15(19-21-16(14)18)12-7-2-3-8-13(12)17/h2-9H,18H2,1H3. The fourth-order valence-corrected chi connectivity index (χ4v) is 2.67. The maximum absolute atomic E-state index is 5.97. The summed E-state index contributed by atoms with van der Waals surface area (Å²) in [6, 6.07) is 15.5. The fourth-order valence-electron chi connectivity index (χ4n) is 2.20. The lowest BCUT2D eigenvalue weighted by Crippen LogP contribution is -1.89. The lowest BCUT2D eigenvalue weighted by molar-refractivity contribution is 0.415. The van der Waals surface area contributed by atoms with Crippen LogP contribution < -0.4 is 10.5 Å². The highest BCUT2D eigenvalue weighted by Crippen LogP contribution is 2.39. The van der Waals surface area contributed by atoms with Crippen molar-refractivity contribution in [3.63, 3.8) is 0 Å². The summed E-state index contributed by atoms with van der Waals surface area (Å²) in [5.41, 5.74) is 9.26. The summed E-state index contributed by atoms with van der Waals surface area (Å²) < 4.78 is 11.4. The van der Waals surface area contributed by atoms with Gasteiger partial charge in [-0.15, -0.1) is 0 Å². The second-order valence-electron chi connectivity index (χ2n) is 4.48. The van der Waals surface area contributed by atoms with Crippen LogP contribution in [0.1, 0.15) is 0 Å². The van der Waals surface area contributed by atoms with E-state index in [1.807, 2.05) is 48.5 Å². The van der Waals surface area contributed by atoms with Gasteiger partial charge in [-0.1, -0.05) is 51.4 Å². The van der Waals surface area contributed by atoms with Crippen molar-refractivity contribution in [2.75, 3.05) is 12.8 Å². The van der Waals surface area contributed by atoms with Gasteiger partial charge in [0.1, 0.15) is 11.4 Å². The first-order valence-corrected chi connectivity index (χ1v) is 7.14. The molecule has 5 heteroatoms. The van der Waals surface area contributed by atoms with Crippen LogP contribution in [0.4, 0.5) is 5.88 Å². The molecule has 2 N–H and O–H groups in total. The molecular weight excluding hydrogens is 332 g/mol. The molecule has 0 aliphatic carbocycles. The number of anilines is 1. The first-order chi connectivity index (χ1) is 10.2. The van der Waals surface area contributed by atoms with Gasteiger partial charge in [0.2, 0.25) is 5.88 Å². The molecule has 0 saturated heterocycles. The molecule has 0 bridgehead atoms. The molecule has 0 amide bonds. The molecule has 2 aromatic carbocycles. The van der Waals surface area contributed by atoms with E-state index in [2.05, 4.69) is 21.1 Å². The van der Waals surface area contributed by atoms with Crippen molar-refractivity contribution < 1.29 is 9.26 Å². The van der Waals surface area contributed by atoms with Gasteiger partial charge in [-0.05, 0) is 23.8 Å². The minimum Gasteiger partial charge on any atom is -0.497 e. The summed E-state index contributed by atoms with van der Waals surface area (Å²) in [5.74, 6) is 1.04. The molecule has 1 aromatic heterocycles. The Hall–Kier alpha value is -2.27. The first-order valence-electron chi connectivity index (χ1n) is 6.35.